The first-order valence-corrected chi connectivity index (χ1v) is 7.57. The summed E-state index contributed by atoms with van der Waals surface area (Å²) in [4.78, 5) is 2.99. The van der Waals surface area contributed by atoms with Crippen LogP contribution in [0.15, 0.2) is 12.1 Å². The molecule has 1 aromatic carbocycles. The highest BCUT2D eigenvalue weighted by molar-refractivity contribution is 7.71. The molecule has 6 heteroatoms. The average Bonchev–Trinajstić information content (AvgIpc) is 2.70. The molecule has 1 N–H and O–H groups in total. The largest absolute Gasteiger partial charge is 0.381 e. The van der Waals surface area contributed by atoms with Crippen LogP contribution in [0.4, 0.5) is 4.39 Å². The fraction of sp³-hybridized carbons (Fsp3) is 0.500. The predicted molar refractivity (Wildman–Crippen MR) is 82.4 cm³/mol. The summed E-state index contributed by atoms with van der Waals surface area (Å²) in [6.07, 6.45) is 3.08. The molecular weight excluding hydrogens is 299 g/mol. The molecule has 110 valence electrons. The Balaban J connectivity index is 2.04. The Kier molecular flexibility index (Phi) is 5.57. The number of hydrogen-bond donors (Lipinski definition) is 1. The first kappa shape index (κ1) is 15.5. The molecule has 0 saturated carbocycles. The van der Waals surface area contributed by atoms with E-state index >= 15 is 0 Å². The van der Waals surface area contributed by atoms with Gasteiger partial charge in [-0.05, 0) is 31.1 Å². The van der Waals surface area contributed by atoms with Crippen LogP contribution in [0.5, 0.6) is 0 Å². The third-order valence-electron chi connectivity index (χ3n) is 3.13. The van der Waals surface area contributed by atoms with Gasteiger partial charge in [0.1, 0.15) is 5.82 Å². The van der Waals surface area contributed by atoms with Gasteiger partial charge in [-0.25, -0.2) is 4.39 Å². The smallest absolute Gasteiger partial charge is 0.178 e. The number of nitrogens with one attached hydrogen (secondary N) is 1. The van der Waals surface area contributed by atoms with Crippen molar-refractivity contribution in [2.45, 2.75) is 32.7 Å². The Morgan fingerprint density at radius 2 is 2.10 bits per heavy atom. The summed E-state index contributed by atoms with van der Waals surface area (Å²) in [6, 6.07) is 2.98. The Bertz CT molecular complexity index is 638. The molecule has 2 rings (SSSR count). The van der Waals surface area contributed by atoms with E-state index in [9.17, 15) is 4.39 Å². The van der Waals surface area contributed by atoms with Crippen molar-refractivity contribution in [3.8, 4) is 0 Å². The van der Waals surface area contributed by atoms with Gasteiger partial charge in [-0.15, -0.1) is 0 Å². The molecule has 0 saturated heterocycles. The zero-order valence-electron chi connectivity index (χ0n) is 11.4. The van der Waals surface area contributed by atoms with E-state index in [4.69, 9.17) is 28.6 Å². The van der Waals surface area contributed by atoms with Crippen molar-refractivity contribution < 1.29 is 9.13 Å². The van der Waals surface area contributed by atoms with Crippen LogP contribution in [-0.2, 0) is 11.3 Å². The monoisotopic (exact) mass is 316 g/mol. The molecule has 1 heterocycles. The van der Waals surface area contributed by atoms with Crippen molar-refractivity contribution in [2.24, 2.45) is 0 Å². The number of halogens is 2. The molecule has 0 bridgehead atoms. The highest BCUT2D eigenvalue weighted by Gasteiger charge is 2.08. The summed E-state index contributed by atoms with van der Waals surface area (Å²) in [5.74, 6) is -0.439. The zero-order valence-corrected chi connectivity index (χ0v) is 13.0. The van der Waals surface area contributed by atoms with Crippen LogP contribution in [0.1, 0.15) is 26.2 Å². The first-order chi connectivity index (χ1) is 9.63. The standard InChI is InChI=1S/C14H18ClFN2OS/c1-2-3-6-19-7-4-5-18-13-8-10(15)11(16)9-12(13)17-14(18)20/h8-9H,2-7H2,1H3,(H,17,20). The van der Waals surface area contributed by atoms with Crippen LogP contribution in [0.2, 0.25) is 5.02 Å². The van der Waals surface area contributed by atoms with E-state index in [1.807, 2.05) is 4.57 Å². The van der Waals surface area contributed by atoms with E-state index in [2.05, 4.69) is 11.9 Å². The number of fused-ring (bicyclic) bond motifs is 1. The summed E-state index contributed by atoms with van der Waals surface area (Å²) in [7, 11) is 0. The topological polar surface area (TPSA) is 29.9 Å². The molecular formula is C14H18ClFN2OS. The minimum Gasteiger partial charge on any atom is -0.381 e. The lowest BCUT2D eigenvalue weighted by atomic mass is 10.3. The van der Waals surface area contributed by atoms with Gasteiger partial charge in [-0.1, -0.05) is 24.9 Å². The van der Waals surface area contributed by atoms with Gasteiger partial charge in [0.25, 0.3) is 0 Å². The molecule has 0 aliphatic rings. The fourth-order valence-corrected chi connectivity index (χ4v) is 2.50. The maximum atomic E-state index is 13.4. The number of aromatic nitrogens is 2. The molecule has 0 unspecified atom stereocenters. The van der Waals surface area contributed by atoms with E-state index in [1.165, 1.54) is 6.07 Å². The SMILES string of the molecule is CCCCOCCCn1c(=S)[nH]c2cc(F)c(Cl)cc21. The van der Waals surface area contributed by atoms with Crippen LogP contribution in [0.3, 0.4) is 0 Å². The molecule has 20 heavy (non-hydrogen) atoms. The summed E-state index contributed by atoms with van der Waals surface area (Å²) < 4.78 is 21.4. The fourth-order valence-electron chi connectivity index (χ4n) is 2.05. The van der Waals surface area contributed by atoms with Crippen molar-refractivity contribution in [1.29, 1.82) is 0 Å². The Hall–Kier alpha value is -0.910. The van der Waals surface area contributed by atoms with Crippen molar-refractivity contribution >= 4 is 34.9 Å². The minimum absolute atomic E-state index is 0.111. The van der Waals surface area contributed by atoms with Crippen LogP contribution < -0.4 is 0 Å². The van der Waals surface area contributed by atoms with Gasteiger partial charge in [0.15, 0.2) is 4.77 Å². The Morgan fingerprint density at radius 3 is 2.85 bits per heavy atom. The molecule has 2 aromatic rings. The minimum atomic E-state index is -0.439. The van der Waals surface area contributed by atoms with Gasteiger partial charge in [-0.3, -0.25) is 0 Å². The van der Waals surface area contributed by atoms with Crippen molar-refractivity contribution in [1.82, 2.24) is 9.55 Å². The van der Waals surface area contributed by atoms with Crippen LogP contribution >= 0.6 is 23.8 Å². The Labute approximate surface area is 127 Å². The van der Waals surface area contributed by atoms with E-state index in [0.29, 0.717) is 16.9 Å². The first-order valence-electron chi connectivity index (χ1n) is 6.78. The molecule has 0 aliphatic carbocycles. The quantitative estimate of drug-likeness (QED) is 0.593. The second-order valence-electron chi connectivity index (χ2n) is 4.68. The second-order valence-corrected chi connectivity index (χ2v) is 5.48. The Morgan fingerprint density at radius 1 is 1.35 bits per heavy atom. The van der Waals surface area contributed by atoms with Crippen LogP contribution in [0.25, 0.3) is 11.0 Å². The number of hydrogen-bond acceptors (Lipinski definition) is 2. The third-order valence-corrected chi connectivity index (χ3v) is 3.74. The summed E-state index contributed by atoms with van der Waals surface area (Å²) >= 11 is 11.1. The van der Waals surface area contributed by atoms with E-state index in [0.717, 1.165) is 37.9 Å². The van der Waals surface area contributed by atoms with Crippen LogP contribution in [-0.4, -0.2) is 22.8 Å². The molecule has 0 aliphatic heterocycles. The van der Waals surface area contributed by atoms with Gasteiger partial charge in [-0.2, -0.15) is 0 Å². The second kappa shape index (κ2) is 7.20. The predicted octanol–water partition coefficient (Wildman–Crippen LogP) is 4.70. The molecule has 0 atom stereocenters. The van der Waals surface area contributed by atoms with Gasteiger partial charge < -0.3 is 14.3 Å². The third kappa shape index (κ3) is 3.59. The van der Waals surface area contributed by atoms with Crippen molar-refractivity contribution in [3.63, 3.8) is 0 Å². The number of imidazole rings is 1. The van der Waals surface area contributed by atoms with Crippen LogP contribution in [0, 0.1) is 10.6 Å². The number of aromatic amines is 1. The molecule has 0 amide bonds. The average molecular weight is 317 g/mol. The molecule has 0 radical (unpaired) electrons. The summed E-state index contributed by atoms with van der Waals surface area (Å²) in [5.41, 5.74) is 1.50. The summed E-state index contributed by atoms with van der Waals surface area (Å²) in [5, 5.41) is 0.111. The van der Waals surface area contributed by atoms with Crippen molar-refractivity contribution in [2.75, 3.05) is 13.2 Å². The molecule has 3 nitrogen and oxygen atoms in total. The maximum absolute atomic E-state index is 13.4. The van der Waals surface area contributed by atoms with Gasteiger partial charge in [0, 0.05) is 25.8 Å². The van der Waals surface area contributed by atoms with E-state index in [-0.39, 0.29) is 5.02 Å². The number of benzene rings is 1. The zero-order chi connectivity index (χ0) is 14.5. The molecule has 0 spiro atoms. The van der Waals surface area contributed by atoms with Crippen molar-refractivity contribution in [3.05, 3.63) is 27.7 Å². The highest BCUT2D eigenvalue weighted by Crippen LogP contribution is 2.23. The summed E-state index contributed by atoms with van der Waals surface area (Å²) in [6.45, 7) is 4.36. The lowest BCUT2D eigenvalue weighted by Gasteiger charge is -2.06. The lowest BCUT2D eigenvalue weighted by molar-refractivity contribution is 0.126. The molecule has 0 fully saturated rings. The van der Waals surface area contributed by atoms with Gasteiger partial charge in [0.05, 0.1) is 16.1 Å². The highest BCUT2D eigenvalue weighted by atomic mass is 35.5. The number of nitrogens with zero attached hydrogens (tertiary/aromatic N) is 1. The molecule has 1 aromatic heterocycles. The maximum Gasteiger partial charge on any atom is 0.178 e. The number of aryl methyl sites for hydroxylation is 1. The number of unbranched alkanes of at least 4 members (excludes halogenated alkanes) is 1. The van der Waals surface area contributed by atoms with Gasteiger partial charge >= 0.3 is 0 Å². The number of ether oxygens (including phenoxy) is 1. The van der Waals surface area contributed by atoms with E-state index < -0.39 is 5.82 Å². The van der Waals surface area contributed by atoms with Gasteiger partial charge in [0.2, 0.25) is 0 Å². The normalized spacial score (nSPS) is 11.3. The lowest BCUT2D eigenvalue weighted by Crippen LogP contribution is -2.03. The van der Waals surface area contributed by atoms with E-state index in [1.54, 1.807) is 6.07 Å². The number of H-pyrrole nitrogens is 1. The number of rotatable bonds is 7.